The van der Waals surface area contributed by atoms with Crippen LogP contribution in [-0.4, -0.2) is 206 Å². The van der Waals surface area contributed by atoms with Crippen molar-refractivity contribution in [2.45, 2.75) is 0 Å². The average Bonchev–Trinajstić information content (AvgIpc) is 2.77. The van der Waals surface area contributed by atoms with Crippen molar-refractivity contribution in [1.82, 2.24) is 0 Å². The van der Waals surface area contributed by atoms with Crippen molar-refractivity contribution in [1.29, 1.82) is 63.1 Å². The molecule has 30 heavy (non-hydrogen) atoms. The van der Waals surface area contributed by atoms with Gasteiger partial charge in [0.1, 0.15) is 0 Å². The van der Waals surface area contributed by atoms with Crippen LogP contribution in [0, 0.1) is 123 Å². The Hall–Kier alpha value is 1.46. The first kappa shape index (κ1) is 45.0. The van der Waals surface area contributed by atoms with Crippen molar-refractivity contribution in [2.24, 2.45) is 0 Å². The fourth-order valence-corrected chi connectivity index (χ4v) is 2.19. The topological polar surface area (TPSA) is 285 Å². The van der Waals surface area contributed by atoms with Crippen molar-refractivity contribution in [3.63, 3.8) is 0 Å². The molecule has 0 aromatic heterocycles. The summed E-state index contributed by atoms with van der Waals surface area (Å²) in [7, 11) is -12.3. The van der Waals surface area contributed by atoms with Gasteiger partial charge in [-0.25, -0.2) is 0 Å². The fourth-order valence-electron chi connectivity index (χ4n) is 0.530. The molecule has 0 fully saturated rings. The van der Waals surface area contributed by atoms with Gasteiger partial charge in [-0.3, -0.25) is 0 Å². The van der Waals surface area contributed by atoms with Crippen molar-refractivity contribution in [2.75, 3.05) is 0 Å². The Morgan fingerprint density at radius 3 is 0.300 bits per heavy atom. The summed E-state index contributed by atoms with van der Waals surface area (Å²) in [6.45, 7) is 0. The number of hydrogen-bond donors (Lipinski definition) is 0. The quantitative estimate of drug-likeness (QED) is 0.269. The van der Waals surface area contributed by atoms with Gasteiger partial charge in [0.05, 0.1) is 0 Å². The second-order valence-corrected chi connectivity index (χ2v) is 14.8. The maximum atomic E-state index is 8.58. The summed E-state index contributed by atoms with van der Waals surface area (Å²) in [4.78, 5) is 12.4. The van der Waals surface area contributed by atoms with E-state index in [0.717, 1.165) is 59.6 Å². The standard InChI is InChI=1S/12CN.2Fe.4K.4H/c12*1-2;;;;;;;;;;. The summed E-state index contributed by atoms with van der Waals surface area (Å²) in [5.41, 5.74) is 0. The summed E-state index contributed by atoms with van der Waals surface area (Å²) < 4.78 is 0. The molecule has 12 nitrogen and oxygen atoms in total. The third-order valence-corrected chi connectivity index (χ3v) is 9.78. The number of hydrogen-bond acceptors (Lipinski definition) is 12. The fraction of sp³-hybridized carbons (Fsp3) is 0. The van der Waals surface area contributed by atoms with Crippen LogP contribution in [0.25, 0.3) is 0 Å². The van der Waals surface area contributed by atoms with Gasteiger partial charge in [0.2, 0.25) is 0 Å². The first-order valence-corrected chi connectivity index (χ1v) is 11.4. The Morgan fingerprint density at radius 1 is 0.233 bits per heavy atom. The minimum atomic E-state index is -6.17. The SMILES string of the molecule is N#[C][Fe]([C]#N)([C]#N)([C]#N)([C]#N)[C]#N.N#[C][Fe]([C]#N)([C]#N)([C]#N)([C]#N)[C]#N.[KH].[KH].[KH].[KH]. The van der Waals surface area contributed by atoms with E-state index in [1.165, 1.54) is 0 Å². The molecular weight excluding hydrogens is 580 g/mol. The van der Waals surface area contributed by atoms with Crippen LogP contribution >= 0.6 is 0 Å². The third-order valence-electron chi connectivity index (χ3n) is 2.37. The number of nitriles is 12. The van der Waals surface area contributed by atoms with Gasteiger partial charge in [-0.1, -0.05) is 0 Å². The summed E-state index contributed by atoms with van der Waals surface area (Å²) >= 11 is 0. The summed E-state index contributed by atoms with van der Waals surface area (Å²) in [6, 6.07) is 0. The molecule has 0 spiro atoms. The molecule has 0 heterocycles. The maximum absolute atomic E-state index is 8.58. The van der Waals surface area contributed by atoms with Crippen LogP contribution < -0.4 is 0 Å². The molecule has 18 heteroatoms. The molecule has 0 unspecified atom stereocenters. The zero-order chi connectivity index (χ0) is 21.3. The van der Waals surface area contributed by atoms with E-state index >= 15 is 0 Å². The third kappa shape index (κ3) is 6.32. The zero-order valence-corrected chi connectivity index (χ0v) is 14.3. The van der Waals surface area contributed by atoms with Crippen LogP contribution in [0.15, 0.2) is 0 Å². The first-order chi connectivity index (χ1) is 11.9. The van der Waals surface area contributed by atoms with Gasteiger partial charge in [-0.15, -0.1) is 0 Å². The molecule has 0 radical (unpaired) electrons. The molecule has 0 aliphatic rings. The first-order valence-electron chi connectivity index (χ1n) is 4.80. The van der Waals surface area contributed by atoms with Gasteiger partial charge in [0.15, 0.2) is 0 Å². The molecule has 0 bridgehead atoms. The van der Waals surface area contributed by atoms with E-state index in [1.54, 1.807) is 0 Å². The van der Waals surface area contributed by atoms with E-state index in [1.807, 2.05) is 0 Å². The summed E-state index contributed by atoms with van der Waals surface area (Å²) in [5, 5.41) is 103. The molecule has 0 N–H and O–H groups in total. The van der Waals surface area contributed by atoms with Crippen molar-refractivity contribution >= 4 is 206 Å². The van der Waals surface area contributed by atoms with Crippen molar-refractivity contribution in [3.8, 4) is 59.6 Å². The van der Waals surface area contributed by atoms with Crippen molar-refractivity contribution in [3.05, 3.63) is 0 Å². The predicted molar refractivity (Wildman–Crippen MR) is 96.0 cm³/mol. The molecule has 0 aromatic carbocycles. The molecule has 0 amide bonds. The van der Waals surface area contributed by atoms with Gasteiger partial charge in [0.25, 0.3) is 0 Å². The second kappa shape index (κ2) is 14.0. The molecule has 0 aromatic rings. The van der Waals surface area contributed by atoms with Crippen LogP contribution in [-0.2, 0) is 21.5 Å². The van der Waals surface area contributed by atoms with Crippen LogP contribution in [0.3, 0.4) is 0 Å². The monoisotopic (exact) mass is 584 g/mol. The molecule has 0 aliphatic heterocycles. The van der Waals surface area contributed by atoms with Gasteiger partial charge in [0, 0.05) is 0 Å². The van der Waals surface area contributed by atoms with E-state index in [4.69, 9.17) is 63.1 Å². The molecule has 0 saturated heterocycles. The summed E-state index contributed by atoms with van der Waals surface area (Å²) in [6.07, 6.45) is 0. The van der Waals surface area contributed by atoms with E-state index in [9.17, 15) is 0 Å². The number of rotatable bonds is 0. The Bertz CT molecular complexity index is 893. The average molecular weight is 584 g/mol. The Kier molecular flexibility index (Phi) is 21.0. The van der Waals surface area contributed by atoms with E-state index < -0.39 is 21.5 Å². The van der Waals surface area contributed by atoms with E-state index in [2.05, 4.69) is 0 Å². The molecule has 0 aliphatic carbocycles. The van der Waals surface area contributed by atoms with Gasteiger partial charge in [-0.2, -0.15) is 0 Å². The van der Waals surface area contributed by atoms with Crippen LogP contribution in [0.2, 0.25) is 0 Å². The molecule has 132 valence electrons. The number of nitrogens with zero attached hydrogens (tertiary/aromatic N) is 12. The minimum absolute atomic E-state index is 0. The Labute approximate surface area is 339 Å². The molecule has 0 rings (SSSR count). The molecular formula is C12H4Fe2K4N12. The molecule has 0 atom stereocenters. The second-order valence-electron chi connectivity index (χ2n) is 3.60. The van der Waals surface area contributed by atoms with Gasteiger partial charge >= 0.3 is 350 Å². The predicted octanol–water partition coefficient (Wildman–Crippen LogP) is -2.40. The Balaban J connectivity index is -0.0000000847. The zero-order valence-electron chi connectivity index (χ0n) is 12.1. The van der Waals surface area contributed by atoms with Crippen molar-refractivity contribution < 1.29 is 21.5 Å². The van der Waals surface area contributed by atoms with Crippen LogP contribution in [0.4, 0.5) is 0 Å². The van der Waals surface area contributed by atoms with E-state index in [0.29, 0.717) is 0 Å². The van der Waals surface area contributed by atoms with E-state index in [-0.39, 0.29) is 206 Å². The van der Waals surface area contributed by atoms with Crippen LogP contribution in [0.1, 0.15) is 0 Å². The summed E-state index contributed by atoms with van der Waals surface area (Å²) in [5.74, 6) is 0. The van der Waals surface area contributed by atoms with Gasteiger partial charge in [-0.05, 0) is 0 Å². The van der Waals surface area contributed by atoms with Crippen LogP contribution in [0.5, 0.6) is 0 Å². The van der Waals surface area contributed by atoms with Gasteiger partial charge < -0.3 is 0 Å². The molecule has 0 saturated carbocycles. The normalized spacial score (nSPS) is 11.6. The Morgan fingerprint density at radius 2 is 0.300 bits per heavy atom.